The minimum Gasteiger partial charge on any atom is -0.493 e. The van der Waals surface area contributed by atoms with Crippen LogP contribution in [0.3, 0.4) is 0 Å². The Morgan fingerprint density at radius 3 is 2.29 bits per heavy atom. The van der Waals surface area contributed by atoms with Gasteiger partial charge >= 0.3 is 0 Å². The van der Waals surface area contributed by atoms with Gasteiger partial charge in [-0.1, -0.05) is 35.9 Å². The zero-order valence-electron chi connectivity index (χ0n) is 19.4. The number of likely N-dealkylation sites (N-methyl/N-ethyl adjacent to an activating group) is 1. The van der Waals surface area contributed by atoms with Crippen LogP contribution in [0.25, 0.3) is 0 Å². The SMILES string of the molecule is COc1ccc(CN(C)Cc2ccc(C)cc2)cc1OC[C@@H](O)CN1CCN(C)CC1. The Hall–Kier alpha value is -2.12. The molecule has 31 heavy (non-hydrogen) atoms. The first kappa shape index (κ1) is 23.5. The predicted octanol–water partition coefficient (Wildman–Crippen LogP) is 2.62. The van der Waals surface area contributed by atoms with Gasteiger partial charge in [-0.2, -0.15) is 0 Å². The van der Waals surface area contributed by atoms with Crippen LogP contribution in [-0.4, -0.2) is 86.4 Å². The smallest absolute Gasteiger partial charge is 0.161 e. The number of hydrogen-bond acceptors (Lipinski definition) is 6. The molecule has 0 bridgehead atoms. The van der Waals surface area contributed by atoms with E-state index in [-0.39, 0.29) is 6.61 Å². The summed E-state index contributed by atoms with van der Waals surface area (Å²) >= 11 is 0. The van der Waals surface area contributed by atoms with E-state index >= 15 is 0 Å². The van der Waals surface area contributed by atoms with E-state index in [4.69, 9.17) is 9.47 Å². The fourth-order valence-electron chi connectivity index (χ4n) is 3.87. The van der Waals surface area contributed by atoms with Gasteiger partial charge in [-0.3, -0.25) is 9.80 Å². The van der Waals surface area contributed by atoms with E-state index in [1.54, 1.807) is 7.11 Å². The van der Waals surface area contributed by atoms with Crippen molar-refractivity contribution < 1.29 is 14.6 Å². The van der Waals surface area contributed by atoms with Crippen molar-refractivity contribution in [1.82, 2.24) is 14.7 Å². The number of aryl methyl sites for hydroxylation is 1. The second-order valence-corrected chi connectivity index (χ2v) is 8.71. The summed E-state index contributed by atoms with van der Waals surface area (Å²) in [7, 11) is 5.89. The third-order valence-electron chi connectivity index (χ3n) is 5.75. The van der Waals surface area contributed by atoms with Crippen LogP contribution in [0.5, 0.6) is 11.5 Å². The van der Waals surface area contributed by atoms with E-state index in [1.165, 1.54) is 11.1 Å². The third kappa shape index (κ3) is 7.51. The topological polar surface area (TPSA) is 48.4 Å². The molecule has 1 aliphatic rings. The number of aliphatic hydroxyl groups is 1. The van der Waals surface area contributed by atoms with Crippen LogP contribution < -0.4 is 9.47 Å². The number of methoxy groups -OCH3 is 1. The minimum atomic E-state index is -0.527. The quantitative estimate of drug-likeness (QED) is 0.629. The van der Waals surface area contributed by atoms with Crippen LogP contribution >= 0.6 is 0 Å². The van der Waals surface area contributed by atoms with Crippen LogP contribution in [0.15, 0.2) is 42.5 Å². The molecular weight excluding hydrogens is 390 g/mol. The Morgan fingerprint density at radius 1 is 0.968 bits per heavy atom. The molecule has 0 amide bonds. The van der Waals surface area contributed by atoms with Crippen molar-refractivity contribution in [2.45, 2.75) is 26.1 Å². The molecule has 6 heteroatoms. The number of aliphatic hydroxyl groups excluding tert-OH is 1. The Kier molecular flexibility index (Phi) is 8.72. The number of hydrogen-bond donors (Lipinski definition) is 1. The van der Waals surface area contributed by atoms with Gasteiger partial charge in [-0.15, -0.1) is 0 Å². The first-order chi connectivity index (χ1) is 14.9. The number of rotatable bonds is 10. The van der Waals surface area contributed by atoms with Gasteiger partial charge in [0, 0.05) is 45.8 Å². The maximum atomic E-state index is 10.5. The van der Waals surface area contributed by atoms with Crippen molar-refractivity contribution in [2.75, 3.05) is 60.5 Å². The highest BCUT2D eigenvalue weighted by Crippen LogP contribution is 2.29. The molecule has 3 rings (SSSR count). The first-order valence-electron chi connectivity index (χ1n) is 11.1. The van der Waals surface area contributed by atoms with Gasteiger partial charge in [0.15, 0.2) is 11.5 Å². The predicted molar refractivity (Wildman–Crippen MR) is 125 cm³/mol. The molecule has 1 fully saturated rings. The molecule has 0 aromatic heterocycles. The molecule has 0 radical (unpaired) electrons. The molecule has 0 unspecified atom stereocenters. The Labute approximate surface area is 187 Å². The van der Waals surface area contributed by atoms with Gasteiger partial charge in [0.05, 0.1) is 7.11 Å². The van der Waals surface area contributed by atoms with Gasteiger partial charge in [-0.25, -0.2) is 0 Å². The second kappa shape index (κ2) is 11.5. The largest absolute Gasteiger partial charge is 0.493 e. The molecule has 1 N–H and O–H groups in total. The van der Waals surface area contributed by atoms with Crippen molar-refractivity contribution in [3.05, 3.63) is 59.2 Å². The third-order valence-corrected chi connectivity index (χ3v) is 5.75. The molecule has 1 aliphatic heterocycles. The molecule has 6 nitrogen and oxygen atoms in total. The van der Waals surface area contributed by atoms with Crippen LogP contribution in [-0.2, 0) is 13.1 Å². The fourth-order valence-corrected chi connectivity index (χ4v) is 3.87. The summed E-state index contributed by atoms with van der Waals surface area (Å²) < 4.78 is 11.4. The zero-order chi connectivity index (χ0) is 22.2. The highest BCUT2D eigenvalue weighted by Gasteiger charge is 2.18. The fraction of sp³-hybridized carbons (Fsp3) is 0.520. The van der Waals surface area contributed by atoms with Crippen LogP contribution in [0.1, 0.15) is 16.7 Å². The number of β-amino-alcohol motifs (C(OH)–C–C–N with tert-alkyl or cyclic N) is 1. The summed E-state index contributed by atoms with van der Waals surface area (Å²) in [6, 6.07) is 14.7. The lowest BCUT2D eigenvalue weighted by Crippen LogP contribution is -2.47. The number of benzene rings is 2. The lowest BCUT2D eigenvalue weighted by Gasteiger charge is -2.33. The average molecular weight is 428 g/mol. The summed E-state index contributed by atoms with van der Waals surface area (Å²) in [6.07, 6.45) is -0.527. The van der Waals surface area contributed by atoms with E-state index in [2.05, 4.69) is 66.1 Å². The van der Waals surface area contributed by atoms with Gasteiger partial charge in [0.25, 0.3) is 0 Å². The van der Waals surface area contributed by atoms with Crippen LogP contribution in [0.4, 0.5) is 0 Å². The average Bonchev–Trinajstić information content (AvgIpc) is 2.75. The molecule has 0 spiro atoms. The van der Waals surface area contributed by atoms with E-state index in [0.29, 0.717) is 18.0 Å². The number of nitrogens with zero attached hydrogens (tertiary/aromatic N) is 3. The molecule has 0 aliphatic carbocycles. The summed E-state index contributed by atoms with van der Waals surface area (Å²) in [4.78, 5) is 6.88. The Balaban J connectivity index is 1.53. The monoisotopic (exact) mass is 427 g/mol. The Morgan fingerprint density at radius 2 is 1.61 bits per heavy atom. The maximum absolute atomic E-state index is 10.5. The van der Waals surface area contributed by atoms with E-state index in [9.17, 15) is 5.11 Å². The molecule has 170 valence electrons. The maximum Gasteiger partial charge on any atom is 0.161 e. The molecule has 1 saturated heterocycles. The van der Waals surface area contributed by atoms with Gasteiger partial charge < -0.3 is 19.5 Å². The minimum absolute atomic E-state index is 0.255. The normalized spacial score (nSPS) is 16.5. The lowest BCUT2D eigenvalue weighted by molar-refractivity contribution is 0.0497. The van der Waals surface area contributed by atoms with Gasteiger partial charge in [0.1, 0.15) is 12.7 Å². The van der Waals surface area contributed by atoms with E-state index < -0.39 is 6.10 Å². The van der Waals surface area contributed by atoms with Crippen molar-refractivity contribution in [1.29, 1.82) is 0 Å². The standard InChI is InChI=1S/C25H37N3O3/c1-20-5-7-21(8-6-20)16-27(3)17-22-9-10-24(30-4)25(15-22)31-19-23(29)18-28-13-11-26(2)12-14-28/h5-10,15,23,29H,11-14,16-19H2,1-4H3/t23-/m0/s1. The highest BCUT2D eigenvalue weighted by molar-refractivity contribution is 5.43. The van der Waals surface area contributed by atoms with E-state index in [1.807, 2.05) is 12.1 Å². The zero-order valence-corrected chi connectivity index (χ0v) is 19.4. The lowest BCUT2D eigenvalue weighted by atomic mass is 10.1. The highest BCUT2D eigenvalue weighted by atomic mass is 16.5. The molecule has 1 atom stereocenters. The van der Waals surface area contributed by atoms with E-state index in [0.717, 1.165) is 44.8 Å². The number of ether oxygens (including phenoxy) is 2. The van der Waals surface area contributed by atoms with Crippen molar-refractivity contribution in [3.8, 4) is 11.5 Å². The molecular formula is C25H37N3O3. The van der Waals surface area contributed by atoms with Crippen molar-refractivity contribution in [3.63, 3.8) is 0 Å². The van der Waals surface area contributed by atoms with Crippen molar-refractivity contribution in [2.24, 2.45) is 0 Å². The first-order valence-corrected chi connectivity index (χ1v) is 11.1. The summed E-state index contributed by atoms with van der Waals surface area (Å²) in [6.45, 7) is 8.73. The van der Waals surface area contributed by atoms with Gasteiger partial charge in [0.2, 0.25) is 0 Å². The van der Waals surface area contributed by atoms with Crippen LogP contribution in [0, 0.1) is 6.92 Å². The summed E-state index contributed by atoms with van der Waals surface area (Å²) in [5.41, 5.74) is 3.72. The molecule has 1 heterocycles. The molecule has 2 aromatic rings. The Bertz CT molecular complexity index is 804. The molecule has 2 aromatic carbocycles. The second-order valence-electron chi connectivity index (χ2n) is 8.71. The summed E-state index contributed by atoms with van der Waals surface area (Å²) in [5.74, 6) is 1.37. The van der Waals surface area contributed by atoms with Crippen LogP contribution in [0.2, 0.25) is 0 Å². The van der Waals surface area contributed by atoms with Crippen molar-refractivity contribution >= 4 is 0 Å². The number of piperazine rings is 1. The van der Waals surface area contributed by atoms with Gasteiger partial charge in [-0.05, 0) is 44.3 Å². The molecule has 0 saturated carbocycles. The summed E-state index contributed by atoms with van der Waals surface area (Å²) in [5, 5.41) is 10.5.